The summed E-state index contributed by atoms with van der Waals surface area (Å²) in [6.07, 6.45) is 7.37. The minimum Gasteiger partial charge on any atom is -0.505 e. The topological polar surface area (TPSA) is 99.5 Å². The predicted molar refractivity (Wildman–Crippen MR) is 101 cm³/mol. The second-order valence-electron chi connectivity index (χ2n) is 7.18. The molecule has 0 spiro atoms. The molecule has 7 heteroatoms. The van der Waals surface area contributed by atoms with Gasteiger partial charge in [0.05, 0.1) is 0 Å². The van der Waals surface area contributed by atoms with Crippen molar-refractivity contribution in [2.24, 2.45) is 11.3 Å². The van der Waals surface area contributed by atoms with Crippen LogP contribution in [0.1, 0.15) is 46.0 Å². The Bertz CT molecular complexity index is 688. The fourth-order valence-electron chi connectivity index (χ4n) is 2.66. The Hall–Kier alpha value is -2.02. The maximum atomic E-state index is 12.0. The van der Waals surface area contributed by atoms with Gasteiger partial charge in [0, 0.05) is 12.1 Å². The van der Waals surface area contributed by atoms with Crippen molar-refractivity contribution in [3.63, 3.8) is 0 Å². The minimum atomic E-state index is -1.10. The molecule has 1 fully saturated rings. The summed E-state index contributed by atoms with van der Waals surface area (Å²) in [5, 5.41) is 22.0. The summed E-state index contributed by atoms with van der Waals surface area (Å²) in [4.78, 5) is 27.4. The average molecular weight is 378 g/mol. The normalized spacial score (nSPS) is 18.4. The number of aromatic hydroxyl groups is 1. The van der Waals surface area contributed by atoms with Crippen LogP contribution >= 0.6 is 11.8 Å². The highest BCUT2D eigenvalue weighted by Crippen LogP contribution is 2.51. The summed E-state index contributed by atoms with van der Waals surface area (Å²) < 4.78 is 0. The molecule has 1 atom stereocenters. The summed E-state index contributed by atoms with van der Waals surface area (Å²) in [6, 6.07) is 3.30. The molecule has 0 radical (unpaired) electrons. The number of unbranched alkanes of at least 4 members (excludes halogenated alkanes) is 3. The van der Waals surface area contributed by atoms with Crippen molar-refractivity contribution in [2.75, 3.05) is 5.75 Å². The Balaban J connectivity index is 1.66. The summed E-state index contributed by atoms with van der Waals surface area (Å²) in [7, 11) is 0. The summed E-state index contributed by atoms with van der Waals surface area (Å²) in [6.45, 7) is 4.01. The number of hydrogen-bond acceptors (Lipinski definition) is 5. The summed E-state index contributed by atoms with van der Waals surface area (Å²) >= 11 is 1.51. The maximum absolute atomic E-state index is 12.0. The molecule has 0 aromatic carbocycles. The molecule has 6 nitrogen and oxygen atoms in total. The third-order valence-electron chi connectivity index (χ3n) is 4.50. The van der Waals surface area contributed by atoms with Gasteiger partial charge >= 0.3 is 5.97 Å². The Morgan fingerprint density at radius 2 is 2.12 bits per heavy atom. The van der Waals surface area contributed by atoms with E-state index in [1.165, 1.54) is 11.8 Å². The van der Waals surface area contributed by atoms with Crippen LogP contribution in [0.15, 0.2) is 35.1 Å². The first-order valence-electron chi connectivity index (χ1n) is 8.82. The van der Waals surface area contributed by atoms with E-state index in [2.05, 4.69) is 10.3 Å². The lowest BCUT2D eigenvalue weighted by atomic mass is 10.1. The third-order valence-corrected chi connectivity index (χ3v) is 5.59. The van der Waals surface area contributed by atoms with Gasteiger partial charge in [-0.25, -0.2) is 9.78 Å². The first kappa shape index (κ1) is 20.3. The molecular weight excluding hydrogens is 352 g/mol. The SMILES string of the molecule is CC1(C)CC1C(=O)N/C(=C/CCCCCSc1ncccc1O)C(=O)O. The molecule has 3 N–H and O–H groups in total. The van der Waals surface area contributed by atoms with Gasteiger partial charge < -0.3 is 15.5 Å². The Morgan fingerprint density at radius 3 is 2.73 bits per heavy atom. The highest BCUT2D eigenvalue weighted by atomic mass is 32.2. The molecule has 1 heterocycles. The number of aromatic nitrogens is 1. The number of carboxylic acid groups (broad SMARTS) is 1. The van der Waals surface area contributed by atoms with Gasteiger partial charge in [0.15, 0.2) is 0 Å². The molecule has 0 saturated heterocycles. The lowest BCUT2D eigenvalue weighted by molar-refractivity contribution is -0.135. The Morgan fingerprint density at radius 1 is 1.38 bits per heavy atom. The highest BCUT2D eigenvalue weighted by Gasteiger charge is 2.50. The smallest absolute Gasteiger partial charge is 0.352 e. The number of thioether (sulfide) groups is 1. The van der Waals surface area contributed by atoms with Crippen LogP contribution in [-0.2, 0) is 9.59 Å². The predicted octanol–water partition coefficient (Wildman–Crippen LogP) is 3.57. The molecule has 2 rings (SSSR count). The molecule has 142 valence electrons. The summed E-state index contributed by atoms with van der Waals surface area (Å²) in [5.41, 5.74) is -0.0431. The molecule has 1 saturated carbocycles. The van der Waals surface area contributed by atoms with E-state index in [1.54, 1.807) is 24.4 Å². The molecule has 1 aliphatic carbocycles. The monoisotopic (exact) mass is 378 g/mol. The van der Waals surface area contributed by atoms with Gasteiger partial charge in [0.1, 0.15) is 16.5 Å². The molecule has 1 aliphatic rings. The fraction of sp³-hybridized carbons (Fsp3) is 0.526. The van der Waals surface area contributed by atoms with Crippen LogP contribution in [0, 0.1) is 11.3 Å². The number of carbonyl (C=O) groups excluding carboxylic acids is 1. The van der Waals surface area contributed by atoms with E-state index in [1.807, 2.05) is 13.8 Å². The zero-order valence-electron chi connectivity index (χ0n) is 15.2. The van der Waals surface area contributed by atoms with Gasteiger partial charge in [-0.2, -0.15) is 0 Å². The van der Waals surface area contributed by atoms with Gasteiger partial charge in [0.2, 0.25) is 5.91 Å². The number of pyridine rings is 1. The van der Waals surface area contributed by atoms with Gasteiger partial charge in [-0.05, 0) is 49.0 Å². The van der Waals surface area contributed by atoms with Crippen molar-refractivity contribution in [3.05, 3.63) is 30.1 Å². The maximum Gasteiger partial charge on any atom is 0.352 e. The zero-order valence-corrected chi connectivity index (χ0v) is 16.0. The van der Waals surface area contributed by atoms with Crippen molar-refractivity contribution in [1.82, 2.24) is 10.3 Å². The number of rotatable bonds is 10. The number of aliphatic carboxylic acids is 1. The molecule has 26 heavy (non-hydrogen) atoms. The van der Waals surface area contributed by atoms with E-state index in [9.17, 15) is 19.8 Å². The largest absolute Gasteiger partial charge is 0.505 e. The second kappa shape index (κ2) is 9.07. The molecule has 1 amide bonds. The van der Waals surface area contributed by atoms with E-state index in [-0.39, 0.29) is 28.7 Å². The number of allylic oxidation sites excluding steroid dienone is 1. The van der Waals surface area contributed by atoms with Gasteiger partial charge in [-0.1, -0.05) is 26.3 Å². The van der Waals surface area contributed by atoms with E-state index in [4.69, 9.17) is 0 Å². The number of amides is 1. The molecule has 1 unspecified atom stereocenters. The lowest BCUT2D eigenvalue weighted by Gasteiger charge is -2.07. The summed E-state index contributed by atoms with van der Waals surface area (Å²) in [5.74, 6) is -0.354. The van der Waals surface area contributed by atoms with Crippen molar-refractivity contribution in [3.8, 4) is 5.75 Å². The fourth-order valence-corrected chi connectivity index (χ4v) is 3.55. The van der Waals surface area contributed by atoms with Crippen LogP contribution in [0.3, 0.4) is 0 Å². The van der Waals surface area contributed by atoms with Crippen molar-refractivity contribution < 1.29 is 19.8 Å². The number of carbonyl (C=O) groups is 2. The standard InChI is InChI=1S/C19H26N2O4S/c1-19(2)12-13(19)16(23)21-14(18(24)25)8-5-3-4-6-11-26-17-15(22)9-7-10-20-17/h7-10,13,22H,3-6,11-12H2,1-2H3,(H,21,23)(H,24,25)/b14-8+. The van der Waals surface area contributed by atoms with Crippen LogP contribution < -0.4 is 5.32 Å². The first-order valence-corrected chi connectivity index (χ1v) is 9.81. The van der Waals surface area contributed by atoms with Gasteiger partial charge in [-0.15, -0.1) is 11.8 Å². The molecule has 0 bridgehead atoms. The number of hydrogen-bond donors (Lipinski definition) is 3. The lowest BCUT2D eigenvalue weighted by Crippen LogP contribution is -2.29. The van der Waals surface area contributed by atoms with E-state index < -0.39 is 5.97 Å². The first-order chi connectivity index (χ1) is 12.3. The van der Waals surface area contributed by atoms with Crippen molar-refractivity contribution in [1.29, 1.82) is 0 Å². The third kappa shape index (κ3) is 6.05. The number of nitrogens with zero attached hydrogens (tertiary/aromatic N) is 1. The average Bonchev–Trinajstić information content (AvgIpc) is 3.22. The van der Waals surface area contributed by atoms with Crippen molar-refractivity contribution in [2.45, 2.75) is 51.0 Å². The van der Waals surface area contributed by atoms with Crippen LogP contribution in [0.25, 0.3) is 0 Å². The Labute approximate surface area is 158 Å². The molecule has 0 aliphatic heterocycles. The highest BCUT2D eigenvalue weighted by molar-refractivity contribution is 7.99. The zero-order chi connectivity index (χ0) is 19.2. The van der Waals surface area contributed by atoms with Crippen LogP contribution in [0.2, 0.25) is 0 Å². The molecular formula is C19H26N2O4S. The van der Waals surface area contributed by atoms with Crippen LogP contribution in [0.5, 0.6) is 5.75 Å². The van der Waals surface area contributed by atoms with E-state index >= 15 is 0 Å². The number of nitrogens with one attached hydrogen (secondary N) is 1. The van der Waals surface area contributed by atoms with Crippen LogP contribution in [-0.4, -0.2) is 32.8 Å². The van der Waals surface area contributed by atoms with E-state index in [0.29, 0.717) is 11.4 Å². The minimum absolute atomic E-state index is 0.0204. The van der Waals surface area contributed by atoms with Crippen molar-refractivity contribution >= 4 is 23.6 Å². The van der Waals surface area contributed by atoms with Crippen LogP contribution in [0.4, 0.5) is 0 Å². The quantitative estimate of drug-likeness (QED) is 0.327. The molecule has 1 aromatic heterocycles. The Kier molecular flexibility index (Phi) is 7.08. The number of carboxylic acids is 1. The van der Waals surface area contributed by atoms with Gasteiger partial charge in [-0.3, -0.25) is 4.79 Å². The van der Waals surface area contributed by atoms with E-state index in [0.717, 1.165) is 31.4 Å². The second-order valence-corrected chi connectivity index (χ2v) is 8.27. The van der Waals surface area contributed by atoms with Gasteiger partial charge in [0.25, 0.3) is 0 Å². The molecule has 1 aromatic rings.